The van der Waals surface area contributed by atoms with Crippen LogP contribution in [-0.2, 0) is 21.3 Å². The quantitative estimate of drug-likeness (QED) is 0.706. The fraction of sp³-hybridized carbons (Fsp3) is 0.214. The predicted molar refractivity (Wildman–Crippen MR) is 85.3 cm³/mol. The predicted octanol–water partition coefficient (Wildman–Crippen LogP) is 3.80. The standard InChI is InChI=1S/C14H13BrO4S2/c1-10(16)2-3-11-4-6-12(7-5-11)19-21(17,18)14-9-8-13(15)20-14/h4-9H,2-3H2,1H3. The van der Waals surface area contributed by atoms with E-state index in [1.54, 1.807) is 37.3 Å². The third kappa shape index (κ3) is 4.66. The number of Topliss-reactive ketones (excluding diaryl/α,β-unsaturated/α-hetero) is 1. The maximum Gasteiger partial charge on any atom is 0.348 e. The van der Waals surface area contributed by atoms with Gasteiger partial charge in [-0.05, 0) is 59.1 Å². The summed E-state index contributed by atoms with van der Waals surface area (Å²) in [4.78, 5) is 10.9. The second kappa shape index (κ2) is 6.72. The first-order valence-electron chi connectivity index (χ1n) is 6.15. The first-order valence-corrected chi connectivity index (χ1v) is 9.17. The lowest BCUT2D eigenvalue weighted by molar-refractivity contribution is -0.116. The van der Waals surface area contributed by atoms with Gasteiger partial charge in [0.25, 0.3) is 0 Å². The number of thiophene rings is 1. The number of carbonyl (C=O) groups is 1. The zero-order valence-electron chi connectivity index (χ0n) is 11.2. The van der Waals surface area contributed by atoms with Gasteiger partial charge in [-0.1, -0.05) is 12.1 Å². The Balaban J connectivity index is 2.08. The summed E-state index contributed by atoms with van der Waals surface area (Å²) >= 11 is 4.31. The fourth-order valence-electron chi connectivity index (χ4n) is 1.63. The summed E-state index contributed by atoms with van der Waals surface area (Å²) in [5.41, 5.74) is 0.966. The van der Waals surface area contributed by atoms with Crippen LogP contribution in [0.3, 0.4) is 0 Å². The molecule has 0 aliphatic rings. The van der Waals surface area contributed by atoms with Crippen molar-refractivity contribution in [3.8, 4) is 5.75 Å². The van der Waals surface area contributed by atoms with E-state index in [4.69, 9.17) is 4.18 Å². The molecule has 0 saturated heterocycles. The van der Waals surface area contributed by atoms with Crippen LogP contribution < -0.4 is 4.18 Å². The summed E-state index contributed by atoms with van der Waals surface area (Å²) in [5, 5.41) is 0. The molecule has 0 amide bonds. The summed E-state index contributed by atoms with van der Waals surface area (Å²) in [7, 11) is -3.80. The van der Waals surface area contributed by atoms with E-state index in [2.05, 4.69) is 15.9 Å². The van der Waals surface area contributed by atoms with Gasteiger partial charge >= 0.3 is 10.1 Å². The van der Waals surface area contributed by atoms with E-state index in [1.165, 1.54) is 6.07 Å². The molecule has 0 aliphatic carbocycles. The van der Waals surface area contributed by atoms with E-state index < -0.39 is 10.1 Å². The van der Waals surface area contributed by atoms with Crippen LogP contribution in [0.25, 0.3) is 0 Å². The number of hydrogen-bond acceptors (Lipinski definition) is 5. The van der Waals surface area contributed by atoms with Crippen molar-refractivity contribution in [3.63, 3.8) is 0 Å². The summed E-state index contributed by atoms with van der Waals surface area (Å²) in [6.07, 6.45) is 1.11. The fourth-order valence-corrected chi connectivity index (χ4v) is 4.53. The SMILES string of the molecule is CC(=O)CCc1ccc(OS(=O)(=O)c2ccc(Br)s2)cc1. The normalized spacial score (nSPS) is 11.3. The van der Waals surface area contributed by atoms with Gasteiger partial charge in [0.15, 0.2) is 4.21 Å². The van der Waals surface area contributed by atoms with Gasteiger partial charge in [-0.3, -0.25) is 0 Å². The molecule has 0 radical (unpaired) electrons. The van der Waals surface area contributed by atoms with Gasteiger partial charge in [-0.2, -0.15) is 8.42 Å². The van der Waals surface area contributed by atoms with Crippen LogP contribution in [0.2, 0.25) is 0 Å². The van der Waals surface area contributed by atoms with E-state index in [1.807, 2.05) is 0 Å². The van der Waals surface area contributed by atoms with Gasteiger partial charge in [0.1, 0.15) is 11.5 Å². The van der Waals surface area contributed by atoms with Crippen molar-refractivity contribution in [2.75, 3.05) is 0 Å². The summed E-state index contributed by atoms with van der Waals surface area (Å²) in [6.45, 7) is 1.54. The lowest BCUT2D eigenvalue weighted by atomic mass is 10.1. The van der Waals surface area contributed by atoms with Gasteiger partial charge < -0.3 is 8.98 Å². The molecule has 0 spiro atoms. The Labute approximate surface area is 136 Å². The van der Waals surface area contributed by atoms with E-state index in [9.17, 15) is 13.2 Å². The van der Waals surface area contributed by atoms with Crippen LogP contribution in [0, 0.1) is 0 Å². The second-order valence-electron chi connectivity index (χ2n) is 4.44. The Morgan fingerprint density at radius 1 is 1.19 bits per heavy atom. The monoisotopic (exact) mass is 388 g/mol. The molecule has 0 aliphatic heterocycles. The highest BCUT2D eigenvalue weighted by Gasteiger charge is 2.18. The molecule has 7 heteroatoms. The Kier molecular flexibility index (Phi) is 5.18. The van der Waals surface area contributed by atoms with Crippen LogP contribution in [0.1, 0.15) is 18.9 Å². The molecule has 0 N–H and O–H groups in total. The molecule has 2 aromatic rings. The lowest BCUT2D eigenvalue weighted by Crippen LogP contribution is -2.07. The minimum Gasteiger partial charge on any atom is -0.378 e. The van der Waals surface area contributed by atoms with Crippen molar-refractivity contribution in [2.24, 2.45) is 0 Å². The molecule has 0 atom stereocenters. The molecule has 0 unspecified atom stereocenters. The molecule has 1 aromatic carbocycles. The molecule has 21 heavy (non-hydrogen) atoms. The molecular formula is C14H13BrO4S2. The third-order valence-electron chi connectivity index (χ3n) is 2.69. The molecule has 1 aromatic heterocycles. The maximum atomic E-state index is 12.0. The van der Waals surface area contributed by atoms with Crippen molar-refractivity contribution in [1.29, 1.82) is 0 Å². The molecule has 0 fully saturated rings. The first-order chi connectivity index (χ1) is 9.87. The number of ketones is 1. The van der Waals surface area contributed by atoms with Crippen molar-refractivity contribution in [1.82, 2.24) is 0 Å². The number of aryl methyl sites for hydroxylation is 1. The Morgan fingerprint density at radius 3 is 2.38 bits per heavy atom. The molecular weight excluding hydrogens is 376 g/mol. The van der Waals surface area contributed by atoms with Crippen LogP contribution in [0.15, 0.2) is 44.4 Å². The third-order valence-corrected chi connectivity index (χ3v) is 6.01. The van der Waals surface area contributed by atoms with Crippen LogP contribution in [-0.4, -0.2) is 14.2 Å². The van der Waals surface area contributed by atoms with Gasteiger partial charge in [0.05, 0.1) is 3.79 Å². The van der Waals surface area contributed by atoms with Crippen LogP contribution in [0.4, 0.5) is 0 Å². The smallest absolute Gasteiger partial charge is 0.348 e. The van der Waals surface area contributed by atoms with Crippen molar-refractivity contribution >= 4 is 43.2 Å². The average molecular weight is 389 g/mol. The van der Waals surface area contributed by atoms with Crippen molar-refractivity contribution < 1.29 is 17.4 Å². The maximum absolute atomic E-state index is 12.0. The summed E-state index contributed by atoms with van der Waals surface area (Å²) < 4.78 is 30.0. The van der Waals surface area contributed by atoms with Crippen molar-refractivity contribution in [3.05, 3.63) is 45.7 Å². The number of hydrogen-bond donors (Lipinski definition) is 0. The topological polar surface area (TPSA) is 60.4 Å². The van der Waals surface area contributed by atoms with Gasteiger partial charge in [-0.15, -0.1) is 11.3 Å². The minimum absolute atomic E-state index is 0.126. The molecule has 4 nitrogen and oxygen atoms in total. The Bertz CT molecular complexity index is 733. The van der Waals surface area contributed by atoms with E-state index in [-0.39, 0.29) is 15.7 Å². The average Bonchev–Trinajstić information content (AvgIpc) is 2.85. The number of rotatable bonds is 6. The largest absolute Gasteiger partial charge is 0.378 e. The highest BCUT2D eigenvalue weighted by atomic mass is 79.9. The highest BCUT2D eigenvalue weighted by molar-refractivity contribution is 9.11. The second-order valence-corrected chi connectivity index (χ2v) is 8.68. The molecule has 112 valence electrons. The number of halogens is 1. The minimum atomic E-state index is -3.80. The Hall–Kier alpha value is -1.18. The van der Waals surface area contributed by atoms with Crippen molar-refractivity contribution in [2.45, 2.75) is 24.0 Å². The van der Waals surface area contributed by atoms with Crippen LogP contribution in [0.5, 0.6) is 5.75 Å². The van der Waals surface area contributed by atoms with Gasteiger partial charge in [0, 0.05) is 6.42 Å². The van der Waals surface area contributed by atoms with Crippen LogP contribution >= 0.6 is 27.3 Å². The van der Waals surface area contributed by atoms with E-state index in [0.717, 1.165) is 20.7 Å². The molecule has 2 rings (SSSR count). The Morgan fingerprint density at radius 2 is 1.86 bits per heavy atom. The molecule has 0 bridgehead atoms. The van der Waals surface area contributed by atoms with Gasteiger partial charge in [0.2, 0.25) is 0 Å². The lowest BCUT2D eigenvalue weighted by Gasteiger charge is -2.06. The summed E-state index contributed by atoms with van der Waals surface area (Å²) in [5.74, 6) is 0.382. The first kappa shape index (κ1) is 16.2. The number of carbonyl (C=O) groups excluding carboxylic acids is 1. The van der Waals surface area contributed by atoms with E-state index in [0.29, 0.717) is 12.8 Å². The highest BCUT2D eigenvalue weighted by Crippen LogP contribution is 2.28. The summed E-state index contributed by atoms with van der Waals surface area (Å²) in [6, 6.07) is 9.86. The zero-order valence-corrected chi connectivity index (χ0v) is 14.4. The number of benzene rings is 1. The zero-order chi connectivity index (χ0) is 15.5. The molecule has 0 saturated carbocycles. The molecule has 1 heterocycles. The van der Waals surface area contributed by atoms with E-state index >= 15 is 0 Å². The van der Waals surface area contributed by atoms with Gasteiger partial charge in [-0.25, -0.2) is 0 Å².